The van der Waals surface area contributed by atoms with Crippen LogP contribution in [0.4, 0.5) is 23.5 Å². The Balaban J connectivity index is 1.19. The predicted molar refractivity (Wildman–Crippen MR) is 184 cm³/mol. The normalized spacial score (nSPS) is 16.0. The van der Waals surface area contributed by atoms with Gasteiger partial charge in [0.1, 0.15) is 5.75 Å². The van der Waals surface area contributed by atoms with Crippen LogP contribution in [-0.2, 0) is 23.7 Å². The molecular formula is C33H52ClN7O7. The average Bonchev–Trinajstić information content (AvgIpc) is 3.36. The summed E-state index contributed by atoms with van der Waals surface area (Å²) in [6, 6.07) is 5.89. The van der Waals surface area contributed by atoms with Gasteiger partial charge in [0.15, 0.2) is 0 Å². The number of carbonyl (C=O) groups is 1. The third kappa shape index (κ3) is 13.8. The minimum Gasteiger partial charge on any atom is -0.495 e. The van der Waals surface area contributed by atoms with Crippen LogP contribution in [0.3, 0.4) is 0 Å². The minimum atomic E-state index is 0.0103. The number of aliphatic hydroxyl groups is 1. The molecule has 2 aliphatic rings. The lowest BCUT2D eigenvalue weighted by Crippen LogP contribution is -2.42. The van der Waals surface area contributed by atoms with Crippen LogP contribution in [0.5, 0.6) is 5.75 Å². The van der Waals surface area contributed by atoms with Crippen molar-refractivity contribution in [2.75, 3.05) is 95.6 Å². The summed E-state index contributed by atoms with van der Waals surface area (Å²) in [5, 5.41) is 19.4. The Labute approximate surface area is 288 Å². The van der Waals surface area contributed by atoms with E-state index in [1.807, 2.05) is 11.0 Å². The number of ether oxygens (including phenoxy) is 5. The van der Waals surface area contributed by atoms with Crippen LogP contribution in [-0.4, -0.2) is 123 Å². The molecule has 48 heavy (non-hydrogen) atoms. The maximum absolute atomic E-state index is 12.8. The van der Waals surface area contributed by atoms with E-state index < -0.39 is 0 Å². The fraction of sp³-hybridized carbons (Fsp3) is 0.697. The number of hydrogen-bond acceptors (Lipinski definition) is 13. The number of anilines is 4. The molecular weight excluding hydrogens is 642 g/mol. The summed E-state index contributed by atoms with van der Waals surface area (Å²) >= 11 is 6.35. The molecule has 14 nitrogen and oxygen atoms in total. The van der Waals surface area contributed by atoms with E-state index in [0.29, 0.717) is 107 Å². The first-order chi connectivity index (χ1) is 23.5. The summed E-state index contributed by atoms with van der Waals surface area (Å²) in [4.78, 5) is 28.8. The number of aromatic nitrogens is 3. The molecule has 0 spiro atoms. The molecule has 4 rings (SSSR count). The van der Waals surface area contributed by atoms with Gasteiger partial charge in [-0.1, -0.05) is 37.3 Å². The van der Waals surface area contributed by atoms with E-state index in [1.54, 1.807) is 19.2 Å². The summed E-state index contributed by atoms with van der Waals surface area (Å²) < 4.78 is 26.8. The van der Waals surface area contributed by atoms with Crippen LogP contribution in [0.1, 0.15) is 57.8 Å². The van der Waals surface area contributed by atoms with Crippen LogP contribution in [0.25, 0.3) is 0 Å². The van der Waals surface area contributed by atoms with Crippen molar-refractivity contribution in [3.8, 4) is 5.75 Å². The Kier molecular flexibility index (Phi) is 17.2. The molecule has 1 saturated heterocycles. The summed E-state index contributed by atoms with van der Waals surface area (Å²) in [5.74, 6) is 2.12. The number of nitrogens with one attached hydrogen (secondary N) is 3. The van der Waals surface area contributed by atoms with Gasteiger partial charge >= 0.3 is 0 Å². The second kappa shape index (κ2) is 21.9. The zero-order valence-corrected chi connectivity index (χ0v) is 28.8. The molecule has 1 saturated carbocycles. The van der Waals surface area contributed by atoms with Crippen LogP contribution in [0.15, 0.2) is 18.2 Å². The van der Waals surface area contributed by atoms with Crippen molar-refractivity contribution in [3.63, 3.8) is 0 Å². The summed E-state index contributed by atoms with van der Waals surface area (Å²) in [7, 11) is 1.58. The van der Waals surface area contributed by atoms with Gasteiger partial charge in [0.25, 0.3) is 0 Å². The molecule has 0 radical (unpaired) electrons. The second-order valence-electron chi connectivity index (χ2n) is 11.8. The number of carbonyl (C=O) groups excluding carboxylic acids is 1. The Morgan fingerprint density at radius 3 is 1.90 bits per heavy atom. The Morgan fingerprint density at radius 1 is 0.792 bits per heavy atom. The SMILES string of the molecule is COc1ccc(Nc2nc(NC3CCCCCC3)nc(NC3CCN(C(=O)CCOCCOCCOCCOCCO)CC3)n2)cc1Cl. The molecule has 0 bridgehead atoms. The van der Waals surface area contributed by atoms with E-state index in [0.717, 1.165) is 31.4 Å². The van der Waals surface area contributed by atoms with E-state index in [4.69, 9.17) is 45.4 Å². The molecule has 4 N–H and O–H groups in total. The summed E-state index contributed by atoms with van der Waals surface area (Å²) in [6.45, 7) is 4.69. The van der Waals surface area contributed by atoms with Gasteiger partial charge in [0, 0.05) is 30.9 Å². The summed E-state index contributed by atoms with van der Waals surface area (Å²) in [5.41, 5.74) is 0.740. The zero-order chi connectivity index (χ0) is 33.8. The molecule has 0 atom stereocenters. The number of benzene rings is 1. The highest BCUT2D eigenvalue weighted by Gasteiger charge is 2.24. The fourth-order valence-corrected chi connectivity index (χ4v) is 5.90. The number of rotatable bonds is 21. The number of halogens is 1. The number of aliphatic hydroxyl groups excluding tert-OH is 1. The molecule has 15 heteroatoms. The van der Waals surface area contributed by atoms with Crippen molar-refractivity contribution in [3.05, 3.63) is 23.2 Å². The largest absolute Gasteiger partial charge is 0.495 e. The standard InChI is InChI=1S/C33H52ClN7O7/c1-44-29-9-8-27(24-28(29)34)37-33-39-31(35-25-6-4-2-3-5-7-25)38-32(40-33)36-26-10-13-41(14-11-26)30(43)12-16-45-18-20-47-22-23-48-21-19-46-17-15-42/h8-9,24-26,42H,2-7,10-23H2,1H3,(H3,35,36,37,38,39,40). The smallest absolute Gasteiger partial charge is 0.233 e. The number of amides is 1. The second-order valence-corrected chi connectivity index (χ2v) is 12.2. The average molecular weight is 694 g/mol. The third-order valence-corrected chi connectivity index (χ3v) is 8.52. The van der Waals surface area contributed by atoms with Gasteiger partial charge in [0.2, 0.25) is 23.8 Å². The molecule has 1 aliphatic carbocycles. The van der Waals surface area contributed by atoms with Gasteiger partial charge < -0.3 is 49.6 Å². The maximum Gasteiger partial charge on any atom is 0.233 e. The first-order valence-electron chi connectivity index (χ1n) is 17.1. The van der Waals surface area contributed by atoms with Crippen LogP contribution < -0.4 is 20.7 Å². The van der Waals surface area contributed by atoms with Crippen molar-refractivity contribution in [1.82, 2.24) is 19.9 Å². The molecule has 0 unspecified atom stereocenters. The van der Waals surface area contributed by atoms with Gasteiger partial charge in [0.05, 0.1) is 78.0 Å². The minimum absolute atomic E-state index is 0.0103. The Bertz CT molecular complexity index is 1210. The van der Waals surface area contributed by atoms with Gasteiger partial charge in [-0.2, -0.15) is 15.0 Å². The maximum atomic E-state index is 12.8. The van der Waals surface area contributed by atoms with Crippen LogP contribution in [0.2, 0.25) is 5.02 Å². The molecule has 1 aromatic carbocycles. The number of nitrogens with zero attached hydrogens (tertiary/aromatic N) is 4. The quantitative estimate of drug-likeness (QED) is 0.109. The van der Waals surface area contributed by atoms with Gasteiger partial charge in [-0.25, -0.2) is 0 Å². The lowest BCUT2D eigenvalue weighted by Gasteiger charge is -2.32. The highest BCUT2D eigenvalue weighted by atomic mass is 35.5. The topological polar surface area (TPSA) is 161 Å². The molecule has 2 heterocycles. The summed E-state index contributed by atoms with van der Waals surface area (Å²) in [6.07, 6.45) is 9.00. The predicted octanol–water partition coefficient (Wildman–Crippen LogP) is 4.26. The van der Waals surface area contributed by atoms with Gasteiger partial charge in [-0.3, -0.25) is 4.79 Å². The highest BCUT2D eigenvalue weighted by molar-refractivity contribution is 6.32. The van der Waals surface area contributed by atoms with E-state index in [1.165, 1.54) is 25.7 Å². The number of hydrogen-bond donors (Lipinski definition) is 4. The third-order valence-electron chi connectivity index (χ3n) is 8.22. The lowest BCUT2D eigenvalue weighted by atomic mass is 10.0. The van der Waals surface area contributed by atoms with Gasteiger partial charge in [-0.15, -0.1) is 0 Å². The van der Waals surface area contributed by atoms with Crippen molar-refractivity contribution < 1.29 is 33.6 Å². The van der Waals surface area contributed by atoms with E-state index >= 15 is 0 Å². The van der Waals surface area contributed by atoms with Gasteiger partial charge in [-0.05, 0) is 43.9 Å². The number of methoxy groups -OCH3 is 1. The molecule has 1 aromatic heterocycles. The lowest BCUT2D eigenvalue weighted by molar-refractivity contribution is -0.133. The van der Waals surface area contributed by atoms with E-state index in [9.17, 15) is 4.79 Å². The monoisotopic (exact) mass is 693 g/mol. The Morgan fingerprint density at radius 2 is 1.33 bits per heavy atom. The molecule has 2 fully saturated rings. The van der Waals surface area contributed by atoms with Crippen molar-refractivity contribution in [2.24, 2.45) is 0 Å². The van der Waals surface area contributed by atoms with Crippen LogP contribution in [0, 0.1) is 0 Å². The first kappa shape index (κ1) is 37.8. The van der Waals surface area contributed by atoms with E-state index in [2.05, 4.69) is 25.9 Å². The first-order valence-corrected chi connectivity index (χ1v) is 17.5. The fourth-order valence-electron chi connectivity index (χ4n) is 5.64. The number of piperidine rings is 1. The zero-order valence-electron chi connectivity index (χ0n) is 28.1. The number of likely N-dealkylation sites (tertiary alicyclic amines) is 1. The van der Waals surface area contributed by atoms with Crippen molar-refractivity contribution in [1.29, 1.82) is 0 Å². The highest BCUT2D eigenvalue weighted by Crippen LogP contribution is 2.29. The Hall–Kier alpha value is -3.01. The van der Waals surface area contributed by atoms with Crippen molar-refractivity contribution >= 4 is 41.0 Å². The van der Waals surface area contributed by atoms with Crippen LogP contribution >= 0.6 is 11.6 Å². The molecule has 1 aliphatic heterocycles. The van der Waals surface area contributed by atoms with Crippen molar-refractivity contribution in [2.45, 2.75) is 69.9 Å². The molecule has 2 aromatic rings. The molecule has 1 amide bonds. The molecule has 268 valence electrons. The van der Waals surface area contributed by atoms with E-state index in [-0.39, 0.29) is 18.6 Å².